The van der Waals surface area contributed by atoms with Gasteiger partial charge < -0.3 is 9.84 Å². The van der Waals surface area contributed by atoms with Crippen molar-refractivity contribution in [2.75, 3.05) is 5.32 Å². The number of hydrogen-bond donors (Lipinski definition) is 1. The number of nitrogens with zero attached hydrogens (tertiary/aromatic N) is 3. The molecule has 14 heavy (non-hydrogen) atoms. The third kappa shape index (κ3) is 1.41. The van der Waals surface area contributed by atoms with Crippen LogP contribution in [0.15, 0.2) is 10.9 Å². The van der Waals surface area contributed by atoms with Crippen LogP contribution in [0.1, 0.15) is 19.5 Å². The summed E-state index contributed by atoms with van der Waals surface area (Å²) in [5, 5.41) is 7.93. The summed E-state index contributed by atoms with van der Waals surface area (Å²) in [4.78, 5) is 8.15. The molecule has 0 atom stereocenters. The lowest BCUT2D eigenvalue weighted by Gasteiger charge is -2.08. The fraction of sp³-hybridized carbons (Fsp3) is 0.444. The Kier molecular flexibility index (Phi) is 2.07. The summed E-state index contributed by atoms with van der Waals surface area (Å²) in [5.74, 6) is 0.781. The summed E-state index contributed by atoms with van der Waals surface area (Å²) in [6.45, 7) is 5.98. The maximum Gasteiger partial charge on any atom is 0.263 e. The Labute approximate surface area is 81.5 Å². The van der Waals surface area contributed by atoms with Crippen molar-refractivity contribution in [1.29, 1.82) is 0 Å². The average molecular weight is 192 g/mol. The molecule has 2 heterocycles. The second-order valence-corrected chi connectivity index (χ2v) is 3.47. The lowest BCUT2D eigenvalue weighted by Crippen LogP contribution is -2.11. The van der Waals surface area contributed by atoms with Crippen molar-refractivity contribution in [3.63, 3.8) is 0 Å². The Morgan fingerprint density at radius 1 is 1.36 bits per heavy atom. The van der Waals surface area contributed by atoms with E-state index in [-0.39, 0.29) is 0 Å². The monoisotopic (exact) mass is 192 g/mol. The number of aryl methyl sites for hydroxylation is 1. The molecule has 0 aliphatic carbocycles. The molecule has 0 unspecified atom stereocenters. The zero-order valence-corrected chi connectivity index (χ0v) is 8.40. The summed E-state index contributed by atoms with van der Waals surface area (Å²) in [5.41, 5.74) is 1.34. The highest BCUT2D eigenvalue weighted by molar-refractivity contribution is 5.87. The van der Waals surface area contributed by atoms with Crippen LogP contribution in [0.5, 0.6) is 0 Å². The van der Waals surface area contributed by atoms with Crippen molar-refractivity contribution < 1.29 is 4.52 Å². The highest BCUT2D eigenvalue weighted by atomic mass is 16.5. The van der Waals surface area contributed by atoms with Gasteiger partial charge in [-0.25, -0.2) is 4.98 Å². The van der Waals surface area contributed by atoms with E-state index in [0.29, 0.717) is 11.8 Å². The molecule has 0 amide bonds. The smallest absolute Gasteiger partial charge is 0.263 e. The molecule has 0 saturated heterocycles. The van der Waals surface area contributed by atoms with Crippen LogP contribution in [0.4, 0.5) is 5.82 Å². The minimum atomic E-state index is 0.322. The van der Waals surface area contributed by atoms with Crippen molar-refractivity contribution >= 4 is 16.9 Å². The standard InChI is InChI=1S/C9H12N4O/c1-5(2)12-8-7-6(3)13-14-9(7)11-4-10-8/h4-5H,1-3H3,(H,10,11,12). The first-order chi connectivity index (χ1) is 6.68. The summed E-state index contributed by atoms with van der Waals surface area (Å²) in [7, 11) is 0. The van der Waals surface area contributed by atoms with Crippen LogP contribution in [-0.4, -0.2) is 21.2 Å². The molecule has 5 nitrogen and oxygen atoms in total. The van der Waals surface area contributed by atoms with E-state index < -0.39 is 0 Å². The van der Waals surface area contributed by atoms with Gasteiger partial charge in [0.05, 0.1) is 5.69 Å². The third-order valence-electron chi connectivity index (χ3n) is 1.87. The fourth-order valence-corrected chi connectivity index (χ4v) is 1.30. The second-order valence-electron chi connectivity index (χ2n) is 3.47. The zero-order valence-electron chi connectivity index (χ0n) is 8.40. The number of rotatable bonds is 2. The maximum atomic E-state index is 5.03. The van der Waals surface area contributed by atoms with E-state index in [2.05, 4.69) is 34.3 Å². The minimum absolute atomic E-state index is 0.322. The Morgan fingerprint density at radius 2 is 2.14 bits per heavy atom. The van der Waals surface area contributed by atoms with Gasteiger partial charge in [0.25, 0.3) is 5.71 Å². The van der Waals surface area contributed by atoms with Gasteiger partial charge in [0, 0.05) is 6.04 Å². The van der Waals surface area contributed by atoms with Crippen LogP contribution in [0.2, 0.25) is 0 Å². The average Bonchev–Trinajstić information content (AvgIpc) is 2.48. The van der Waals surface area contributed by atoms with Crippen LogP contribution in [-0.2, 0) is 0 Å². The highest BCUT2D eigenvalue weighted by Gasteiger charge is 2.11. The molecule has 74 valence electrons. The van der Waals surface area contributed by atoms with Crippen molar-refractivity contribution in [1.82, 2.24) is 15.1 Å². The first-order valence-corrected chi connectivity index (χ1v) is 4.52. The molecule has 0 aromatic carbocycles. The molecule has 2 aromatic heterocycles. The molecule has 2 aromatic rings. The van der Waals surface area contributed by atoms with Crippen molar-refractivity contribution in [2.45, 2.75) is 26.8 Å². The van der Waals surface area contributed by atoms with Gasteiger partial charge in [-0.1, -0.05) is 5.16 Å². The van der Waals surface area contributed by atoms with Crippen molar-refractivity contribution in [2.24, 2.45) is 0 Å². The van der Waals surface area contributed by atoms with Gasteiger partial charge in [-0.2, -0.15) is 4.98 Å². The quantitative estimate of drug-likeness (QED) is 0.785. The van der Waals surface area contributed by atoms with E-state index in [1.807, 2.05) is 6.92 Å². The summed E-state index contributed by atoms with van der Waals surface area (Å²) in [6, 6.07) is 0.322. The van der Waals surface area contributed by atoms with Crippen molar-refractivity contribution in [3.8, 4) is 0 Å². The van der Waals surface area contributed by atoms with E-state index in [9.17, 15) is 0 Å². The van der Waals surface area contributed by atoms with Crippen LogP contribution in [0, 0.1) is 6.92 Å². The van der Waals surface area contributed by atoms with Gasteiger partial charge in [0.2, 0.25) is 0 Å². The van der Waals surface area contributed by atoms with E-state index in [1.54, 1.807) is 0 Å². The lowest BCUT2D eigenvalue weighted by molar-refractivity contribution is 0.442. The van der Waals surface area contributed by atoms with Gasteiger partial charge in [-0.05, 0) is 20.8 Å². The van der Waals surface area contributed by atoms with Gasteiger partial charge in [0.1, 0.15) is 17.5 Å². The molecule has 0 spiro atoms. The summed E-state index contributed by atoms with van der Waals surface area (Å²) in [6.07, 6.45) is 1.47. The second kappa shape index (κ2) is 3.25. The Balaban J connectivity index is 2.57. The van der Waals surface area contributed by atoms with E-state index >= 15 is 0 Å². The first-order valence-electron chi connectivity index (χ1n) is 4.52. The summed E-state index contributed by atoms with van der Waals surface area (Å²) < 4.78 is 5.03. The van der Waals surface area contributed by atoms with Crippen LogP contribution in [0.25, 0.3) is 11.1 Å². The Bertz CT molecular complexity index is 449. The molecule has 5 heteroatoms. The maximum absolute atomic E-state index is 5.03. The van der Waals surface area contributed by atoms with Gasteiger partial charge in [-0.3, -0.25) is 0 Å². The van der Waals surface area contributed by atoms with Crippen LogP contribution in [0.3, 0.4) is 0 Å². The molecule has 0 aliphatic rings. The molecule has 0 fully saturated rings. The number of nitrogens with one attached hydrogen (secondary N) is 1. The fourth-order valence-electron chi connectivity index (χ4n) is 1.30. The van der Waals surface area contributed by atoms with Crippen LogP contribution < -0.4 is 5.32 Å². The molecular weight excluding hydrogens is 180 g/mol. The Hall–Kier alpha value is -1.65. The third-order valence-corrected chi connectivity index (χ3v) is 1.87. The predicted molar refractivity (Wildman–Crippen MR) is 53.1 cm³/mol. The van der Waals surface area contributed by atoms with Gasteiger partial charge in [-0.15, -0.1) is 0 Å². The molecule has 0 aliphatic heterocycles. The number of anilines is 1. The lowest BCUT2D eigenvalue weighted by atomic mass is 10.3. The normalized spacial score (nSPS) is 11.1. The van der Waals surface area contributed by atoms with Gasteiger partial charge >= 0.3 is 0 Å². The molecule has 0 radical (unpaired) electrons. The first kappa shape index (κ1) is 8.93. The predicted octanol–water partition coefficient (Wildman–Crippen LogP) is 1.75. The van der Waals surface area contributed by atoms with E-state index in [0.717, 1.165) is 16.9 Å². The molecule has 1 N–H and O–H groups in total. The molecule has 0 saturated carbocycles. The molecule has 2 rings (SSSR count). The number of fused-ring (bicyclic) bond motifs is 1. The van der Waals surface area contributed by atoms with E-state index in [4.69, 9.17) is 4.52 Å². The Morgan fingerprint density at radius 3 is 2.86 bits per heavy atom. The zero-order chi connectivity index (χ0) is 10.1. The van der Waals surface area contributed by atoms with E-state index in [1.165, 1.54) is 6.33 Å². The number of hydrogen-bond acceptors (Lipinski definition) is 5. The summed E-state index contributed by atoms with van der Waals surface area (Å²) >= 11 is 0. The van der Waals surface area contributed by atoms with Crippen LogP contribution >= 0.6 is 0 Å². The highest BCUT2D eigenvalue weighted by Crippen LogP contribution is 2.22. The molecule has 0 bridgehead atoms. The van der Waals surface area contributed by atoms with Crippen molar-refractivity contribution in [3.05, 3.63) is 12.0 Å². The molecular formula is C9H12N4O. The SMILES string of the molecule is Cc1noc2ncnc(NC(C)C)c12. The largest absolute Gasteiger partial charge is 0.367 e. The minimum Gasteiger partial charge on any atom is -0.367 e. The topological polar surface area (TPSA) is 63.8 Å². The number of aromatic nitrogens is 3. The van der Waals surface area contributed by atoms with Gasteiger partial charge in [0.15, 0.2) is 0 Å².